The predicted molar refractivity (Wildman–Crippen MR) is 96.4 cm³/mol. The van der Waals surface area contributed by atoms with Gasteiger partial charge >= 0.3 is 6.09 Å². The molecule has 8 heteroatoms. The van der Waals surface area contributed by atoms with Crippen LogP contribution in [-0.4, -0.2) is 58.8 Å². The molecule has 0 aromatic carbocycles. The van der Waals surface area contributed by atoms with Crippen molar-refractivity contribution < 1.29 is 28.2 Å². The minimum absolute atomic E-state index is 0.0194. The highest BCUT2D eigenvalue weighted by atomic mass is 19.3. The van der Waals surface area contributed by atoms with Gasteiger partial charge in [-0.1, -0.05) is 6.92 Å². The maximum atomic E-state index is 13.6. The summed E-state index contributed by atoms with van der Waals surface area (Å²) in [7, 11) is 0. The number of hydrogen-bond acceptors (Lipinski definition) is 4. The molecule has 2 atom stereocenters. The van der Waals surface area contributed by atoms with Gasteiger partial charge in [-0.3, -0.25) is 4.79 Å². The molecule has 0 aromatic heterocycles. The van der Waals surface area contributed by atoms with Gasteiger partial charge in [0.05, 0.1) is 12.6 Å². The van der Waals surface area contributed by atoms with Gasteiger partial charge in [0.15, 0.2) is 0 Å². The summed E-state index contributed by atoms with van der Waals surface area (Å²) in [6.45, 7) is 6.38. The second-order valence-electron chi connectivity index (χ2n) is 8.92. The van der Waals surface area contributed by atoms with Crippen LogP contribution in [0.5, 0.6) is 0 Å². The number of aliphatic hydroxyl groups is 1. The van der Waals surface area contributed by atoms with E-state index in [-0.39, 0.29) is 30.9 Å². The van der Waals surface area contributed by atoms with Gasteiger partial charge < -0.3 is 20.1 Å². The molecule has 1 heterocycles. The Balaban J connectivity index is 2.12. The topological polar surface area (TPSA) is 78.9 Å². The van der Waals surface area contributed by atoms with Gasteiger partial charge in [0, 0.05) is 13.0 Å². The van der Waals surface area contributed by atoms with Crippen molar-refractivity contribution in [2.24, 2.45) is 11.8 Å². The van der Waals surface area contributed by atoms with Crippen LogP contribution in [0.3, 0.4) is 0 Å². The molecule has 156 valence electrons. The Morgan fingerprint density at radius 2 is 1.81 bits per heavy atom. The number of rotatable bonds is 4. The van der Waals surface area contributed by atoms with Crippen LogP contribution >= 0.6 is 0 Å². The quantitative estimate of drug-likeness (QED) is 0.774. The lowest BCUT2D eigenvalue weighted by Crippen LogP contribution is -2.54. The smallest absolute Gasteiger partial charge is 0.408 e. The number of nitrogens with one attached hydrogen (secondary N) is 1. The Bertz CT molecular complexity index is 542. The zero-order valence-electron chi connectivity index (χ0n) is 16.6. The maximum Gasteiger partial charge on any atom is 0.408 e. The summed E-state index contributed by atoms with van der Waals surface area (Å²) < 4.78 is 32.4. The highest BCUT2D eigenvalue weighted by Gasteiger charge is 2.44. The number of hydrogen-bond donors (Lipinski definition) is 2. The second kappa shape index (κ2) is 8.29. The number of amides is 2. The van der Waals surface area contributed by atoms with Crippen LogP contribution in [-0.2, 0) is 9.53 Å². The number of alkyl carbamates (subject to hydrolysis) is 1. The van der Waals surface area contributed by atoms with E-state index in [1.54, 1.807) is 20.8 Å². The van der Waals surface area contributed by atoms with Gasteiger partial charge in [0.2, 0.25) is 5.91 Å². The first kappa shape index (κ1) is 21.9. The Morgan fingerprint density at radius 1 is 1.22 bits per heavy atom. The van der Waals surface area contributed by atoms with E-state index in [0.29, 0.717) is 12.8 Å². The molecule has 1 aliphatic carbocycles. The molecule has 1 saturated heterocycles. The highest BCUT2D eigenvalue weighted by Crippen LogP contribution is 2.34. The molecule has 27 heavy (non-hydrogen) atoms. The van der Waals surface area contributed by atoms with Gasteiger partial charge in [-0.25, -0.2) is 13.6 Å². The SMILES string of the molecule is C[C@@H](C1CCC(O)CC1)C(NC(=O)OC(C)(C)C)C(=O)N1CCC(F)(F)C1. The van der Waals surface area contributed by atoms with E-state index in [9.17, 15) is 23.5 Å². The third kappa shape index (κ3) is 6.30. The molecule has 2 N–H and O–H groups in total. The van der Waals surface area contributed by atoms with Crippen LogP contribution < -0.4 is 5.32 Å². The zero-order valence-corrected chi connectivity index (χ0v) is 16.6. The first-order chi connectivity index (χ1) is 12.4. The summed E-state index contributed by atoms with van der Waals surface area (Å²) in [6, 6.07) is -0.922. The van der Waals surface area contributed by atoms with E-state index < -0.39 is 36.1 Å². The normalized spacial score (nSPS) is 27.7. The van der Waals surface area contributed by atoms with Crippen molar-refractivity contribution in [2.45, 2.75) is 83.5 Å². The molecular weight excluding hydrogens is 358 g/mol. The van der Waals surface area contributed by atoms with Gasteiger partial charge in [-0.2, -0.15) is 0 Å². The summed E-state index contributed by atoms with van der Waals surface area (Å²) in [5, 5.41) is 12.3. The largest absolute Gasteiger partial charge is 0.444 e. The molecule has 0 radical (unpaired) electrons. The van der Waals surface area contributed by atoms with Gasteiger partial charge in [-0.05, 0) is 58.3 Å². The fourth-order valence-corrected chi connectivity index (χ4v) is 3.87. The summed E-state index contributed by atoms with van der Waals surface area (Å²) >= 11 is 0. The van der Waals surface area contributed by atoms with Gasteiger partial charge in [-0.15, -0.1) is 0 Å². The standard InChI is InChI=1S/C19H32F2N2O4/c1-12(13-5-7-14(24)8-6-13)15(22-17(26)27-18(2,3)4)16(25)23-10-9-19(20,21)11-23/h12-15,24H,5-11H2,1-4H3,(H,22,26)/t12-,13?,14?,15?/m0/s1. The molecule has 2 amide bonds. The Kier molecular flexibility index (Phi) is 6.71. The molecule has 0 aromatic rings. The lowest BCUT2D eigenvalue weighted by Gasteiger charge is -2.36. The first-order valence-electron chi connectivity index (χ1n) is 9.72. The zero-order chi connectivity index (χ0) is 20.4. The van der Waals surface area contributed by atoms with Crippen molar-refractivity contribution in [3.05, 3.63) is 0 Å². The Hall–Kier alpha value is -1.44. The molecular formula is C19H32F2N2O4. The van der Waals surface area contributed by atoms with Crippen molar-refractivity contribution >= 4 is 12.0 Å². The number of carbonyl (C=O) groups is 2. The third-order valence-electron chi connectivity index (χ3n) is 5.43. The Morgan fingerprint density at radius 3 is 2.30 bits per heavy atom. The molecule has 0 bridgehead atoms. The van der Waals surface area contributed by atoms with Crippen molar-refractivity contribution in [1.82, 2.24) is 10.2 Å². The van der Waals surface area contributed by atoms with Gasteiger partial charge in [0.25, 0.3) is 5.92 Å². The number of nitrogens with zero attached hydrogens (tertiary/aromatic N) is 1. The Labute approximate surface area is 159 Å². The lowest BCUT2D eigenvalue weighted by atomic mass is 9.76. The van der Waals surface area contributed by atoms with E-state index in [4.69, 9.17) is 4.74 Å². The van der Waals surface area contributed by atoms with Crippen molar-refractivity contribution in [3.63, 3.8) is 0 Å². The number of likely N-dealkylation sites (tertiary alicyclic amines) is 1. The maximum absolute atomic E-state index is 13.6. The molecule has 2 fully saturated rings. The number of halogens is 2. The summed E-state index contributed by atoms with van der Waals surface area (Å²) in [4.78, 5) is 26.4. The van der Waals surface area contributed by atoms with Crippen LogP contribution in [0.1, 0.15) is 59.8 Å². The fourth-order valence-electron chi connectivity index (χ4n) is 3.87. The van der Waals surface area contributed by atoms with Gasteiger partial charge in [0.1, 0.15) is 11.6 Å². The second-order valence-corrected chi connectivity index (χ2v) is 8.92. The molecule has 1 aliphatic heterocycles. The van der Waals surface area contributed by atoms with Crippen LogP contribution in [0.4, 0.5) is 13.6 Å². The van der Waals surface area contributed by atoms with E-state index in [2.05, 4.69) is 5.32 Å². The number of alkyl halides is 2. The first-order valence-corrected chi connectivity index (χ1v) is 9.72. The minimum atomic E-state index is -2.88. The van der Waals surface area contributed by atoms with Crippen molar-refractivity contribution in [3.8, 4) is 0 Å². The summed E-state index contributed by atoms with van der Waals surface area (Å²) in [6.07, 6.45) is 1.33. The minimum Gasteiger partial charge on any atom is -0.444 e. The summed E-state index contributed by atoms with van der Waals surface area (Å²) in [5.74, 6) is -3.49. The van der Waals surface area contributed by atoms with Crippen LogP contribution in [0.25, 0.3) is 0 Å². The molecule has 2 aliphatic rings. The highest BCUT2D eigenvalue weighted by molar-refractivity contribution is 5.86. The average molecular weight is 390 g/mol. The molecule has 1 saturated carbocycles. The van der Waals surface area contributed by atoms with Crippen LogP contribution in [0, 0.1) is 11.8 Å². The number of aliphatic hydroxyl groups excluding tert-OH is 1. The number of ether oxygens (including phenoxy) is 1. The van der Waals surface area contributed by atoms with Crippen molar-refractivity contribution in [2.75, 3.05) is 13.1 Å². The lowest BCUT2D eigenvalue weighted by molar-refractivity contribution is -0.136. The average Bonchev–Trinajstić information content (AvgIpc) is 2.90. The molecule has 6 nitrogen and oxygen atoms in total. The van der Waals surface area contributed by atoms with Crippen molar-refractivity contribution in [1.29, 1.82) is 0 Å². The van der Waals surface area contributed by atoms with E-state index in [1.165, 1.54) is 0 Å². The van der Waals surface area contributed by atoms with E-state index in [1.807, 2.05) is 6.92 Å². The molecule has 1 unspecified atom stereocenters. The summed E-state index contributed by atoms with van der Waals surface area (Å²) in [5.41, 5.74) is -0.726. The monoisotopic (exact) mass is 390 g/mol. The number of carbonyl (C=O) groups excluding carboxylic acids is 2. The van der Waals surface area contributed by atoms with Crippen LogP contribution in [0.2, 0.25) is 0 Å². The fraction of sp³-hybridized carbons (Fsp3) is 0.895. The molecule has 0 spiro atoms. The predicted octanol–water partition coefficient (Wildman–Crippen LogP) is 2.93. The third-order valence-corrected chi connectivity index (χ3v) is 5.43. The van der Waals surface area contributed by atoms with Crippen LogP contribution in [0.15, 0.2) is 0 Å². The van der Waals surface area contributed by atoms with E-state index >= 15 is 0 Å². The van der Waals surface area contributed by atoms with E-state index in [0.717, 1.165) is 17.7 Å². The molecule has 2 rings (SSSR count).